The molecule has 1 aromatic carbocycles. The molecule has 0 fully saturated rings. The van der Waals surface area contributed by atoms with Gasteiger partial charge in [-0.1, -0.05) is 42.4 Å². The van der Waals surface area contributed by atoms with Crippen molar-refractivity contribution in [2.75, 3.05) is 0 Å². The van der Waals surface area contributed by atoms with Gasteiger partial charge in [0.1, 0.15) is 5.82 Å². The fourth-order valence-electron chi connectivity index (χ4n) is 2.90. The average Bonchev–Trinajstić information content (AvgIpc) is 3.43. The van der Waals surface area contributed by atoms with Gasteiger partial charge in [0, 0.05) is 24.0 Å². The van der Waals surface area contributed by atoms with Gasteiger partial charge in [-0.3, -0.25) is 9.78 Å². The molecule has 140 valence electrons. The van der Waals surface area contributed by atoms with Gasteiger partial charge in [-0.2, -0.15) is 0 Å². The molecule has 7 nitrogen and oxygen atoms in total. The summed E-state index contributed by atoms with van der Waals surface area (Å²) in [6.07, 6.45) is 5.79. The van der Waals surface area contributed by atoms with Crippen molar-refractivity contribution < 1.29 is 9.32 Å². The van der Waals surface area contributed by atoms with Crippen LogP contribution in [0.1, 0.15) is 35.7 Å². The summed E-state index contributed by atoms with van der Waals surface area (Å²) in [6.45, 7) is 1.99. The van der Waals surface area contributed by atoms with Gasteiger partial charge < -0.3 is 14.8 Å². The number of pyridine rings is 1. The molecule has 0 bridgehead atoms. The first kappa shape index (κ1) is 17.7. The Morgan fingerprint density at radius 3 is 2.71 bits per heavy atom. The molecule has 0 aliphatic carbocycles. The summed E-state index contributed by atoms with van der Waals surface area (Å²) in [6, 6.07) is 14.9. The Labute approximate surface area is 161 Å². The van der Waals surface area contributed by atoms with Crippen LogP contribution in [0.2, 0.25) is 0 Å². The summed E-state index contributed by atoms with van der Waals surface area (Å²) in [4.78, 5) is 24.4. The molecule has 3 aromatic heterocycles. The Morgan fingerprint density at radius 1 is 1.14 bits per heavy atom. The van der Waals surface area contributed by atoms with E-state index in [4.69, 9.17) is 4.52 Å². The zero-order chi connectivity index (χ0) is 19.3. The van der Waals surface area contributed by atoms with E-state index in [2.05, 4.69) is 25.4 Å². The average molecular weight is 373 g/mol. The van der Waals surface area contributed by atoms with Crippen LogP contribution in [0.3, 0.4) is 0 Å². The van der Waals surface area contributed by atoms with Crippen LogP contribution in [-0.2, 0) is 0 Å². The van der Waals surface area contributed by atoms with E-state index in [1.54, 1.807) is 30.7 Å². The Kier molecular flexibility index (Phi) is 4.97. The maximum absolute atomic E-state index is 12.6. The minimum Gasteiger partial charge on any atom is -0.355 e. The second-order valence-electron chi connectivity index (χ2n) is 6.30. The predicted molar refractivity (Wildman–Crippen MR) is 104 cm³/mol. The highest BCUT2D eigenvalue weighted by atomic mass is 16.5. The number of hydrogen-bond donors (Lipinski definition) is 2. The fourth-order valence-corrected chi connectivity index (χ4v) is 2.90. The number of nitrogens with one attached hydrogen (secondary N) is 2. The normalized spacial score (nSPS) is 11.9. The molecule has 4 aromatic rings. The molecule has 28 heavy (non-hydrogen) atoms. The van der Waals surface area contributed by atoms with Gasteiger partial charge in [0.05, 0.1) is 17.9 Å². The Hall–Kier alpha value is -3.74. The minimum absolute atomic E-state index is 0.215. The first-order valence-corrected chi connectivity index (χ1v) is 9.03. The molecule has 1 amide bonds. The van der Waals surface area contributed by atoms with Gasteiger partial charge in [-0.25, -0.2) is 4.98 Å². The zero-order valence-electron chi connectivity index (χ0n) is 15.3. The van der Waals surface area contributed by atoms with E-state index in [1.807, 2.05) is 43.3 Å². The molecule has 7 heteroatoms. The van der Waals surface area contributed by atoms with Crippen LogP contribution in [0.5, 0.6) is 0 Å². The van der Waals surface area contributed by atoms with Crippen molar-refractivity contribution in [3.8, 4) is 22.6 Å². The number of hydrogen-bond acceptors (Lipinski definition) is 5. The third-order valence-corrected chi connectivity index (χ3v) is 4.41. The highest BCUT2D eigenvalue weighted by molar-refractivity contribution is 5.93. The van der Waals surface area contributed by atoms with Crippen LogP contribution in [0, 0.1) is 0 Å². The smallest absolute Gasteiger partial charge is 0.274 e. The summed E-state index contributed by atoms with van der Waals surface area (Å²) in [7, 11) is 0. The van der Waals surface area contributed by atoms with Gasteiger partial charge in [-0.15, -0.1) is 0 Å². The fraction of sp³-hybridized carbons (Fsp3) is 0.143. The first-order valence-electron chi connectivity index (χ1n) is 9.03. The van der Waals surface area contributed by atoms with Crippen molar-refractivity contribution in [3.63, 3.8) is 0 Å². The maximum atomic E-state index is 12.6. The molecule has 3 heterocycles. The number of aromatic amines is 1. The van der Waals surface area contributed by atoms with Crippen molar-refractivity contribution in [1.29, 1.82) is 0 Å². The van der Waals surface area contributed by atoms with E-state index in [0.29, 0.717) is 18.0 Å². The number of nitrogens with zero attached hydrogens (tertiary/aromatic N) is 3. The van der Waals surface area contributed by atoms with Gasteiger partial charge in [0.25, 0.3) is 5.91 Å². The molecule has 0 saturated heterocycles. The lowest BCUT2D eigenvalue weighted by atomic mass is 10.2. The third kappa shape index (κ3) is 3.68. The quantitative estimate of drug-likeness (QED) is 0.532. The molecule has 2 N–H and O–H groups in total. The van der Waals surface area contributed by atoms with Gasteiger partial charge in [0.15, 0.2) is 11.5 Å². The van der Waals surface area contributed by atoms with E-state index >= 15 is 0 Å². The molecule has 0 aliphatic rings. The molecule has 0 saturated carbocycles. The number of benzene rings is 1. The van der Waals surface area contributed by atoms with Crippen LogP contribution in [0.4, 0.5) is 0 Å². The van der Waals surface area contributed by atoms with Crippen LogP contribution in [-0.4, -0.2) is 26.0 Å². The molecular weight excluding hydrogens is 354 g/mol. The highest BCUT2D eigenvalue weighted by Crippen LogP contribution is 2.22. The van der Waals surface area contributed by atoms with Crippen LogP contribution in [0.25, 0.3) is 22.6 Å². The Morgan fingerprint density at radius 2 is 1.96 bits per heavy atom. The van der Waals surface area contributed by atoms with Crippen LogP contribution < -0.4 is 5.32 Å². The monoisotopic (exact) mass is 373 g/mol. The van der Waals surface area contributed by atoms with E-state index < -0.39 is 0 Å². The lowest BCUT2D eigenvalue weighted by Gasteiger charge is -2.13. The first-order chi connectivity index (χ1) is 13.7. The summed E-state index contributed by atoms with van der Waals surface area (Å²) in [5.74, 6) is 0.879. The molecular formula is C21H19N5O2. The minimum atomic E-state index is -0.316. The summed E-state index contributed by atoms with van der Waals surface area (Å²) in [5, 5.41) is 6.84. The molecule has 0 spiro atoms. The van der Waals surface area contributed by atoms with Gasteiger partial charge >= 0.3 is 0 Å². The lowest BCUT2D eigenvalue weighted by Crippen LogP contribution is -2.29. The largest absolute Gasteiger partial charge is 0.355 e. The molecule has 1 unspecified atom stereocenters. The number of H-pyrrole nitrogens is 1. The Bertz CT molecular complexity index is 1060. The number of imidazole rings is 1. The Balaban J connectivity index is 1.49. The standard InChI is InChI=1S/C21H19N5O2/c1-2-16(20-23-13-18(24-20)14-7-4-3-5-8-14)25-21(27)17-11-19(28-26-17)15-9-6-10-22-12-15/h3-13,16H,2H2,1H3,(H,23,24)(H,25,27). The summed E-state index contributed by atoms with van der Waals surface area (Å²) in [5.41, 5.74) is 2.93. The van der Waals surface area contributed by atoms with E-state index in [-0.39, 0.29) is 17.6 Å². The van der Waals surface area contributed by atoms with Crippen molar-refractivity contribution in [2.45, 2.75) is 19.4 Å². The van der Waals surface area contributed by atoms with E-state index in [0.717, 1.165) is 16.8 Å². The predicted octanol–water partition coefficient (Wildman–Crippen LogP) is 4.01. The van der Waals surface area contributed by atoms with Gasteiger partial charge in [-0.05, 0) is 24.1 Å². The van der Waals surface area contributed by atoms with Crippen molar-refractivity contribution >= 4 is 5.91 Å². The highest BCUT2D eigenvalue weighted by Gasteiger charge is 2.20. The molecule has 4 rings (SSSR count). The summed E-state index contributed by atoms with van der Waals surface area (Å²) < 4.78 is 5.28. The summed E-state index contributed by atoms with van der Waals surface area (Å²) >= 11 is 0. The lowest BCUT2D eigenvalue weighted by molar-refractivity contribution is 0.0925. The SMILES string of the molecule is CCC(NC(=O)c1cc(-c2cccnc2)on1)c1ncc(-c2ccccc2)[nH]1. The van der Waals surface area contributed by atoms with E-state index in [9.17, 15) is 4.79 Å². The maximum Gasteiger partial charge on any atom is 0.274 e. The van der Waals surface area contributed by atoms with Crippen molar-refractivity contribution in [3.05, 3.63) is 78.6 Å². The third-order valence-electron chi connectivity index (χ3n) is 4.41. The second-order valence-corrected chi connectivity index (χ2v) is 6.30. The number of rotatable bonds is 6. The van der Waals surface area contributed by atoms with Crippen LogP contribution in [0.15, 0.2) is 71.6 Å². The van der Waals surface area contributed by atoms with Crippen LogP contribution >= 0.6 is 0 Å². The number of carbonyl (C=O) groups is 1. The molecule has 0 radical (unpaired) electrons. The molecule has 0 aliphatic heterocycles. The van der Waals surface area contributed by atoms with Crippen molar-refractivity contribution in [1.82, 2.24) is 25.4 Å². The number of amides is 1. The zero-order valence-corrected chi connectivity index (χ0v) is 15.3. The number of aromatic nitrogens is 4. The topological polar surface area (TPSA) is 96.7 Å². The van der Waals surface area contributed by atoms with Gasteiger partial charge in [0.2, 0.25) is 0 Å². The van der Waals surface area contributed by atoms with Crippen molar-refractivity contribution in [2.24, 2.45) is 0 Å². The molecule has 1 atom stereocenters. The van der Waals surface area contributed by atoms with E-state index in [1.165, 1.54) is 0 Å². The number of carbonyl (C=O) groups excluding carboxylic acids is 1. The second kappa shape index (κ2) is 7.87.